The number of fused-ring (bicyclic) bond motifs is 1. The Hall–Kier alpha value is -3.70. The van der Waals surface area contributed by atoms with Gasteiger partial charge in [-0.3, -0.25) is 25.2 Å². The predicted octanol–water partition coefficient (Wildman–Crippen LogP) is 3.82. The summed E-state index contributed by atoms with van der Waals surface area (Å²) in [5.74, 6) is -2.32. The van der Waals surface area contributed by atoms with Crippen molar-refractivity contribution >= 4 is 49.8 Å². The van der Waals surface area contributed by atoms with Crippen LogP contribution in [0.1, 0.15) is 26.5 Å². The number of anilines is 1. The molecule has 0 fully saturated rings. The van der Waals surface area contributed by atoms with Crippen LogP contribution in [0, 0.1) is 12.7 Å². The number of amides is 2. The van der Waals surface area contributed by atoms with Gasteiger partial charge >= 0.3 is 5.91 Å². The van der Waals surface area contributed by atoms with Crippen molar-refractivity contribution in [3.05, 3.63) is 82.7 Å². The highest BCUT2D eigenvalue weighted by Crippen LogP contribution is 2.27. The second-order valence-corrected chi connectivity index (χ2v) is 9.52. The summed E-state index contributed by atoms with van der Waals surface area (Å²) in [6, 6.07) is 13.3. The van der Waals surface area contributed by atoms with Gasteiger partial charge in [0, 0.05) is 10.9 Å². The van der Waals surface area contributed by atoms with Gasteiger partial charge in [-0.1, -0.05) is 30.3 Å². The number of carbonyl (C=O) groups excluding carboxylic acids is 2. The monoisotopic (exact) mass is 473 g/mol. The number of aryl methyl sites for hydroxylation is 1. The Kier molecular flexibility index (Phi) is 5.68. The lowest BCUT2D eigenvalue weighted by Crippen LogP contribution is -2.42. The maximum absolute atomic E-state index is 13.9. The molecular weight excluding hydrogens is 457 g/mol. The van der Waals surface area contributed by atoms with Gasteiger partial charge in [0.1, 0.15) is 4.21 Å². The first kappa shape index (κ1) is 21.5. The zero-order valence-electron chi connectivity index (χ0n) is 16.5. The first-order chi connectivity index (χ1) is 15.3. The zero-order chi connectivity index (χ0) is 22.9. The van der Waals surface area contributed by atoms with E-state index in [1.807, 2.05) is 0 Å². The molecule has 2 heterocycles. The second kappa shape index (κ2) is 8.44. The smallest absolute Gasteiger partial charge is 0.305 e. The highest BCUT2D eigenvalue weighted by atomic mass is 32.2. The molecular formula is C21H16FN3O5S2. The summed E-state index contributed by atoms with van der Waals surface area (Å²) in [4.78, 5) is 25.1. The fourth-order valence-corrected chi connectivity index (χ4v) is 5.12. The Labute approximate surface area is 186 Å². The van der Waals surface area contributed by atoms with Crippen LogP contribution in [0.4, 0.5) is 10.1 Å². The van der Waals surface area contributed by atoms with Crippen LogP contribution in [0.3, 0.4) is 0 Å². The van der Waals surface area contributed by atoms with Crippen molar-refractivity contribution in [3.63, 3.8) is 0 Å². The summed E-state index contributed by atoms with van der Waals surface area (Å²) >= 11 is 1.03. The van der Waals surface area contributed by atoms with Crippen LogP contribution in [0.25, 0.3) is 11.0 Å². The van der Waals surface area contributed by atoms with E-state index in [2.05, 4.69) is 15.6 Å². The minimum atomic E-state index is -3.87. The molecule has 0 radical (unpaired) electrons. The maximum atomic E-state index is 13.9. The molecule has 0 unspecified atom stereocenters. The lowest BCUT2D eigenvalue weighted by molar-refractivity contribution is 0.0832. The van der Waals surface area contributed by atoms with Gasteiger partial charge in [0.25, 0.3) is 15.9 Å². The Morgan fingerprint density at radius 3 is 2.44 bits per heavy atom. The maximum Gasteiger partial charge on any atom is 0.305 e. The van der Waals surface area contributed by atoms with Crippen LogP contribution in [0.5, 0.6) is 0 Å². The van der Waals surface area contributed by atoms with Crippen molar-refractivity contribution in [2.75, 3.05) is 4.72 Å². The highest BCUT2D eigenvalue weighted by Gasteiger charge is 2.22. The van der Waals surface area contributed by atoms with E-state index in [0.717, 1.165) is 11.3 Å². The van der Waals surface area contributed by atoms with Gasteiger partial charge in [-0.2, -0.15) is 0 Å². The van der Waals surface area contributed by atoms with Crippen molar-refractivity contribution in [1.82, 2.24) is 10.9 Å². The van der Waals surface area contributed by atoms with E-state index in [-0.39, 0.29) is 26.8 Å². The largest absolute Gasteiger partial charge is 0.447 e. The number of halogens is 1. The standard InChI is InChI=1S/C21H16FN3O5S2/c1-12-13-7-4-8-15(22)19(13)30-18(12)21(27)24-23-20(26)14-6-2-3-9-16(14)25-32(28,29)17-10-5-11-31-17/h2-11,25H,1H3,(H,23,26)(H,24,27). The number of nitrogens with one attached hydrogen (secondary N) is 3. The molecule has 0 saturated carbocycles. The molecule has 164 valence electrons. The molecule has 2 amide bonds. The van der Waals surface area contributed by atoms with E-state index in [1.165, 1.54) is 30.3 Å². The number of rotatable bonds is 5. The van der Waals surface area contributed by atoms with Gasteiger partial charge in [0.2, 0.25) is 0 Å². The predicted molar refractivity (Wildman–Crippen MR) is 117 cm³/mol. The molecule has 4 rings (SSSR count). The van der Waals surface area contributed by atoms with Gasteiger partial charge in [-0.25, -0.2) is 12.8 Å². The number of hydrazine groups is 1. The topological polar surface area (TPSA) is 118 Å². The molecule has 0 aliphatic rings. The van der Waals surface area contributed by atoms with Crippen molar-refractivity contribution < 1.29 is 26.8 Å². The fourth-order valence-electron chi connectivity index (χ4n) is 3.04. The van der Waals surface area contributed by atoms with Crippen molar-refractivity contribution in [3.8, 4) is 0 Å². The molecule has 0 saturated heterocycles. The van der Waals surface area contributed by atoms with Crippen molar-refractivity contribution in [2.24, 2.45) is 0 Å². The second-order valence-electron chi connectivity index (χ2n) is 6.66. The molecule has 2 aromatic carbocycles. The summed E-state index contributed by atoms with van der Waals surface area (Å²) in [5.41, 5.74) is 4.80. The van der Waals surface area contributed by atoms with E-state index >= 15 is 0 Å². The lowest BCUT2D eigenvalue weighted by atomic mass is 10.1. The van der Waals surface area contributed by atoms with Crippen molar-refractivity contribution in [1.29, 1.82) is 0 Å². The molecule has 0 spiro atoms. The van der Waals surface area contributed by atoms with Gasteiger partial charge in [0.15, 0.2) is 17.2 Å². The molecule has 0 atom stereocenters. The molecule has 0 aliphatic carbocycles. The first-order valence-electron chi connectivity index (χ1n) is 9.21. The van der Waals surface area contributed by atoms with Crippen LogP contribution in [-0.2, 0) is 10.0 Å². The molecule has 0 aliphatic heterocycles. The Morgan fingerprint density at radius 1 is 0.969 bits per heavy atom. The third-order valence-electron chi connectivity index (χ3n) is 4.59. The zero-order valence-corrected chi connectivity index (χ0v) is 18.1. The third kappa shape index (κ3) is 4.07. The SMILES string of the molecule is Cc1c(C(=O)NNC(=O)c2ccccc2NS(=O)(=O)c2cccs2)oc2c(F)cccc12. The minimum Gasteiger partial charge on any atom is -0.447 e. The van der Waals surface area contributed by atoms with Crippen molar-refractivity contribution in [2.45, 2.75) is 11.1 Å². The number of thiophene rings is 1. The normalized spacial score (nSPS) is 11.3. The number of hydrogen-bond acceptors (Lipinski definition) is 6. The average Bonchev–Trinajstić information content (AvgIpc) is 3.42. The molecule has 8 nitrogen and oxygen atoms in total. The number of carbonyl (C=O) groups is 2. The van der Waals surface area contributed by atoms with E-state index in [4.69, 9.17) is 4.42 Å². The number of benzene rings is 2. The van der Waals surface area contributed by atoms with Crippen LogP contribution >= 0.6 is 11.3 Å². The average molecular weight is 474 g/mol. The minimum absolute atomic E-state index is 0.0136. The van der Waals surface area contributed by atoms with E-state index in [9.17, 15) is 22.4 Å². The lowest BCUT2D eigenvalue weighted by Gasteiger charge is -2.12. The number of furan rings is 1. The summed E-state index contributed by atoms with van der Waals surface area (Å²) in [5, 5.41) is 2.06. The van der Waals surface area contributed by atoms with Crippen LogP contribution < -0.4 is 15.6 Å². The van der Waals surface area contributed by atoms with Crippen LogP contribution in [-0.4, -0.2) is 20.2 Å². The number of para-hydroxylation sites is 2. The molecule has 4 aromatic rings. The Balaban J connectivity index is 1.51. The highest BCUT2D eigenvalue weighted by molar-refractivity contribution is 7.94. The molecule has 3 N–H and O–H groups in total. The van der Waals surface area contributed by atoms with Gasteiger partial charge in [0.05, 0.1) is 11.3 Å². The fraction of sp³-hybridized carbons (Fsp3) is 0.0476. The first-order valence-corrected chi connectivity index (χ1v) is 11.6. The van der Waals surface area contributed by atoms with E-state index in [0.29, 0.717) is 10.9 Å². The van der Waals surface area contributed by atoms with Crippen LogP contribution in [0.2, 0.25) is 0 Å². The molecule has 2 aromatic heterocycles. The molecule has 11 heteroatoms. The summed E-state index contributed by atoms with van der Waals surface area (Å²) in [6.45, 7) is 1.59. The quantitative estimate of drug-likeness (QED) is 0.381. The van der Waals surface area contributed by atoms with E-state index < -0.39 is 27.7 Å². The summed E-state index contributed by atoms with van der Waals surface area (Å²) in [7, 11) is -3.87. The Morgan fingerprint density at radius 2 is 1.72 bits per heavy atom. The van der Waals surface area contributed by atoms with Gasteiger partial charge in [-0.05, 0) is 36.6 Å². The number of hydrogen-bond donors (Lipinski definition) is 3. The van der Waals surface area contributed by atoms with Gasteiger partial charge in [-0.15, -0.1) is 11.3 Å². The molecule has 32 heavy (non-hydrogen) atoms. The van der Waals surface area contributed by atoms with E-state index in [1.54, 1.807) is 36.6 Å². The Bertz CT molecular complexity index is 1430. The van der Waals surface area contributed by atoms with Crippen LogP contribution in [0.15, 0.2) is 68.6 Å². The third-order valence-corrected chi connectivity index (χ3v) is 7.35. The molecule has 0 bridgehead atoms. The van der Waals surface area contributed by atoms with Gasteiger partial charge < -0.3 is 4.42 Å². The summed E-state index contributed by atoms with van der Waals surface area (Å²) in [6.07, 6.45) is 0. The summed E-state index contributed by atoms with van der Waals surface area (Å²) < 4.78 is 46.7. The number of sulfonamides is 1.